The summed E-state index contributed by atoms with van der Waals surface area (Å²) in [4.78, 5) is 12.8. The molecule has 7 heteroatoms. The number of fused-ring (bicyclic) bond motifs is 1. The molecule has 1 aliphatic rings. The molecule has 62 heavy (non-hydrogen) atoms. The van der Waals surface area contributed by atoms with E-state index in [2.05, 4.69) is 88.4 Å². The highest BCUT2D eigenvalue weighted by Gasteiger charge is 2.57. The summed E-state index contributed by atoms with van der Waals surface area (Å²) in [6, 6.07) is 37.6. The fourth-order valence-electron chi connectivity index (χ4n) is 8.77. The summed E-state index contributed by atoms with van der Waals surface area (Å²) >= 11 is 0. The maximum Gasteiger partial charge on any atom is 0.269 e. The Bertz CT molecular complexity index is 2180. The lowest BCUT2D eigenvalue weighted by molar-refractivity contribution is -0.929. The molecule has 1 aliphatic heterocycles. The number of unbranched alkanes of at least 4 members (excludes halogenated alkanes) is 4. The molecule has 0 saturated carbocycles. The third kappa shape index (κ3) is 11.7. The third-order valence-electron chi connectivity index (χ3n) is 12.6. The Morgan fingerprint density at radius 1 is 0.613 bits per heavy atom. The topological polar surface area (TPSA) is 89.7 Å². The Hall–Kier alpha value is -5.50. The van der Waals surface area contributed by atoms with Gasteiger partial charge in [0.25, 0.3) is 5.69 Å². The molecule has 0 radical (unpaired) electrons. The second kappa shape index (κ2) is 22.6. The first-order valence-electron chi connectivity index (χ1n) is 22.9. The molecule has 1 atom stereocenters. The van der Waals surface area contributed by atoms with Gasteiger partial charge in [0.1, 0.15) is 0 Å². The molecule has 0 fully saturated rings. The molecule has 1 N–H and O–H groups in total. The molecule has 328 valence electrons. The second-order valence-corrected chi connectivity index (χ2v) is 17.5. The molecule has 5 aromatic rings. The van der Waals surface area contributed by atoms with Crippen LogP contribution in [0.2, 0.25) is 0 Å². The van der Waals surface area contributed by atoms with E-state index >= 15 is 0 Å². The smallest absolute Gasteiger partial charge is 0.269 e. The van der Waals surface area contributed by atoms with E-state index in [9.17, 15) is 20.3 Å². The SMILES string of the molecule is CC1(C)c2cc(/C=C/c3ccc(/C=C/c4ccccc4)cc3)ccc2N(Cc2cc([N+](=O)[O-])ccc2[O-])C1(O)c1ccccc1.CCCC[N+](CCCC)(CCCC)CCCC. The lowest BCUT2D eigenvalue weighted by Crippen LogP contribution is -2.52. The number of aliphatic hydroxyl groups is 1. The minimum atomic E-state index is -1.53. The molecule has 0 bridgehead atoms. The van der Waals surface area contributed by atoms with Crippen LogP contribution in [0.4, 0.5) is 11.4 Å². The Kier molecular flexibility index (Phi) is 17.3. The standard InChI is InChI=1S/C39H34N2O4.C16H36N/c1-38(2)35-25-31(20-19-30-17-15-29(16-18-30)14-13-28-9-5-3-6-10-28)21-23-36(35)40(39(38,43)33-11-7-4-8-12-33)27-32-26-34(41(44)45)22-24-37(32)42;1-5-9-13-17(14-10-6-2,15-11-7-3)16-12-8-4/h3-26,42-43H,27H2,1-2H3;5-16H2,1-4H3/q;+1/p-1/b14-13+,20-19+;. The quantitative estimate of drug-likeness (QED) is 0.0365. The van der Waals surface area contributed by atoms with E-state index in [1.807, 2.05) is 80.6 Å². The zero-order chi connectivity index (χ0) is 44.6. The summed E-state index contributed by atoms with van der Waals surface area (Å²) in [5.41, 5.74) is 4.39. The molecule has 0 amide bonds. The molecule has 7 nitrogen and oxygen atoms in total. The molecule has 6 rings (SSSR count). The maximum absolute atomic E-state index is 12.9. The first-order valence-corrected chi connectivity index (χ1v) is 22.9. The van der Waals surface area contributed by atoms with Gasteiger partial charge in [0.05, 0.1) is 31.1 Å². The summed E-state index contributed by atoms with van der Waals surface area (Å²) in [7, 11) is 0. The number of benzene rings is 5. The van der Waals surface area contributed by atoms with Crippen LogP contribution in [0.5, 0.6) is 5.75 Å². The summed E-state index contributed by atoms with van der Waals surface area (Å²) in [5.74, 6) is -0.316. The molecule has 1 heterocycles. The average Bonchev–Trinajstić information content (AvgIpc) is 3.46. The van der Waals surface area contributed by atoms with Crippen molar-refractivity contribution < 1.29 is 19.6 Å². The van der Waals surface area contributed by atoms with Crippen molar-refractivity contribution in [1.29, 1.82) is 0 Å². The molecule has 0 aromatic heterocycles. The Morgan fingerprint density at radius 3 is 1.55 bits per heavy atom. The summed E-state index contributed by atoms with van der Waals surface area (Å²) in [6.45, 7) is 19.0. The fourth-order valence-corrected chi connectivity index (χ4v) is 8.77. The minimum Gasteiger partial charge on any atom is -0.872 e. The normalized spacial score (nSPS) is 15.8. The van der Waals surface area contributed by atoms with Gasteiger partial charge in [-0.25, -0.2) is 0 Å². The summed E-state index contributed by atoms with van der Waals surface area (Å²) < 4.78 is 1.42. The highest BCUT2D eigenvalue weighted by molar-refractivity contribution is 5.76. The second-order valence-electron chi connectivity index (χ2n) is 17.5. The number of anilines is 1. The van der Waals surface area contributed by atoms with E-state index in [1.165, 1.54) is 100 Å². The monoisotopic (exact) mass is 836 g/mol. The highest BCUT2D eigenvalue weighted by Crippen LogP contribution is 2.56. The van der Waals surface area contributed by atoms with Gasteiger partial charge in [-0.15, -0.1) is 5.75 Å². The van der Waals surface area contributed by atoms with Crippen molar-refractivity contribution in [2.45, 2.75) is 111 Å². The maximum atomic E-state index is 12.9. The van der Waals surface area contributed by atoms with Gasteiger partial charge in [-0.05, 0) is 71.2 Å². The first kappa shape index (κ1) is 47.5. The predicted molar refractivity (Wildman–Crippen MR) is 259 cm³/mol. The van der Waals surface area contributed by atoms with Crippen molar-refractivity contribution in [2.24, 2.45) is 0 Å². The average molecular weight is 836 g/mol. The van der Waals surface area contributed by atoms with Gasteiger partial charge in [0.15, 0.2) is 5.72 Å². The Balaban J connectivity index is 0.000000363. The summed E-state index contributed by atoms with van der Waals surface area (Å²) in [5, 5.41) is 36.9. The number of non-ortho nitro benzene ring substituents is 1. The predicted octanol–water partition coefficient (Wildman–Crippen LogP) is 13.2. The van der Waals surface area contributed by atoms with E-state index < -0.39 is 16.1 Å². The lowest BCUT2D eigenvalue weighted by Gasteiger charge is -2.44. The number of hydrogen-bond donors (Lipinski definition) is 1. The van der Waals surface area contributed by atoms with Crippen LogP contribution in [-0.4, -0.2) is 40.7 Å². The van der Waals surface area contributed by atoms with Gasteiger partial charge in [-0.2, -0.15) is 0 Å². The number of nitro benzene ring substituents is 1. The number of nitrogens with zero attached hydrogens (tertiary/aromatic N) is 3. The fraction of sp³-hybridized carbons (Fsp3) is 0.382. The number of rotatable bonds is 20. The molecule has 0 saturated heterocycles. The van der Waals surface area contributed by atoms with E-state index in [0.717, 1.165) is 33.5 Å². The van der Waals surface area contributed by atoms with Gasteiger partial charge >= 0.3 is 0 Å². The van der Waals surface area contributed by atoms with Crippen LogP contribution in [0.1, 0.15) is 132 Å². The van der Waals surface area contributed by atoms with E-state index in [4.69, 9.17) is 0 Å². The van der Waals surface area contributed by atoms with E-state index in [1.54, 1.807) is 4.90 Å². The highest BCUT2D eigenvalue weighted by atomic mass is 16.6. The zero-order valence-corrected chi connectivity index (χ0v) is 38.1. The largest absolute Gasteiger partial charge is 0.872 e. The molecule has 0 spiro atoms. The number of quaternary nitrogens is 1. The van der Waals surface area contributed by atoms with Gasteiger partial charge in [-0.1, -0.05) is 189 Å². The van der Waals surface area contributed by atoms with Gasteiger partial charge < -0.3 is 19.6 Å². The molecular formula is C55H69N3O4. The lowest BCUT2D eigenvalue weighted by atomic mass is 9.74. The van der Waals surface area contributed by atoms with Crippen LogP contribution in [0.25, 0.3) is 24.3 Å². The van der Waals surface area contributed by atoms with Gasteiger partial charge in [0, 0.05) is 35.3 Å². The van der Waals surface area contributed by atoms with Gasteiger partial charge in [-0.3, -0.25) is 10.1 Å². The van der Waals surface area contributed by atoms with Crippen LogP contribution < -0.4 is 10.0 Å². The number of nitro groups is 1. The van der Waals surface area contributed by atoms with Crippen LogP contribution >= 0.6 is 0 Å². The third-order valence-corrected chi connectivity index (χ3v) is 12.6. The molecule has 1 unspecified atom stereocenters. The first-order chi connectivity index (χ1) is 29.9. The van der Waals surface area contributed by atoms with Crippen LogP contribution in [0.15, 0.2) is 121 Å². The minimum absolute atomic E-state index is 0.00257. The van der Waals surface area contributed by atoms with Crippen molar-refractivity contribution in [2.75, 3.05) is 31.1 Å². The van der Waals surface area contributed by atoms with Crippen molar-refractivity contribution in [3.05, 3.63) is 170 Å². The molecule has 0 aliphatic carbocycles. The molecule has 5 aromatic carbocycles. The molecular weight excluding hydrogens is 767 g/mol. The summed E-state index contributed by atoms with van der Waals surface area (Å²) in [6.07, 6.45) is 19.3. The van der Waals surface area contributed by atoms with Crippen molar-refractivity contribution in [3.63, 3.8) is 0 Å². The Morgan fingerprint density at radius 2 is 1.06 bits per heavy atom. The van der Waals surface area contributed by atoms with Crippen LogP contribution in [-0.2, 0) is 17.7 Å². The zero-order valence-electron chi connectivity index (χ0n) is 38.1. The van der Waals surface area contributed by atoms with E-state index in [-0.39, 0.29) is 23.5 Å². The van der Waals surface area contributed by atoms with Gasteiger partial charge in [0.2, 0.25) is 0 Å². The van der Waals surface area contributed by atoms with Crippen molar-refractivity contribution in [1.82, 2.24) is 0 Å². The Labute approximate surface area is 371 Å². The van der Waals surface area contributed by atoms with Crippen molar-refractivity contribution in [3.8, 4) is 5.75 Å². The van der Waals surface area contributed by atoms with Crippen LogP contribution in [0.3, 0.4) is 0 Å². The van der Waals surface area contributed by atoms with Crippen molar-refractivity contribution >= 4 is 35.7 Å². The van der Waals surface area contributed by atoms with E-state index in [0.29, 0.717) is 5.56 Å². The van der Waals surface area contributed by atoms with Crippen LogP contribution in [0, 0.1) is 10.1 Å². The number of hydrogen-bond acceptors (Lipinski definition) is 5.